The third-order valence-electron chi connectivity index (χ3n) is 4.16. The number of hydrogen-bond acceptors (Lipinski definition) is 3. The topological polar surface area (TPSA) is 24.5 Å². The van der Waals surface area contributed by atoms with Crippen molar-refractivity contribution in [3.8, 4) is 5.75 Å². The summed E-state index contributed by atoms with van der Waals surface area (Å²) < 4.78 is 5.78. The highest BCUT2D eigenvalue weighted by molar-refractivity contribution is 5.36. The highest BCUT2D eigenvalue weighted by Gasteiger charge is 2.21. The van der Waals surface area contributed by atoms with E-state index >= 15 is 0 Å². The van der Waals surface area contributed by atoms with Gasteiger partial charge in [0.25, 0.3) is 0 Å². The molecular formula is C17H28N2O. The Bertz CT molecular complexity index is 400. The van der Waals surface area contributed by atoms with Crippen molar-refractivity contribution < 1.29 is 4.74 Å². The molecule has 3 nitrogen and oxygen atoms in total. The van der Waals surface area contributed by atoms with Crippen molar-refractivity contribution in [2.75, 3.05) is 26.7 Å². The number of nitrogens with zero attached hydrogens (tertiary/aromatic N) is 1. The molecule has 1 aliphatic heterocycles. The van der Waals surface area contributed by atoms with E-state index in [9.17, 15) is 0 Å². The van der Waals surface area contributed by atoms with Crippen molar-refractivity contribution in [3.63, 3.8) is 0 Å². The van der Waals surface area contributed by atoms with Crippen molar-refractivity contribution in [2.45, 2.75) is 45.2 Å². The van der Waals surface area contributed by atoms with Gasteiger partial charge in [-0.1, -0.05) is 25.1 Å². The zero-order valence-corrected chi connectivity index (χ0v) is 13.1. The fourth-order valence-corrected chi connectivity index (χ4v) is 2.94. The molecule has 0 radical (unpaired) electrons. The van der Waals surface area contributed by atoms with Crippen LogP contribution in [-0.2, 0) is 0 Å². The molecule has 2 rings (SSSR count). The first-order valence-corrected chi connectivity index (χ1v) is 7.90. The van der Waals surface area contributed by atoms with Crippen molar-refractivity contribution in [1.29, 1.82) is 0 Å². The summed E-state index contributed by atoms with van der Waals surface area (Å²) in [6.45, 7) is 7.40. The molecule has 0 saturated carbocycles. The Morgan fingerprint density at radius 2 is 1.95 bits per heavy atom. The van der Waals surface area contributed by atoms with Crippen molar-refractivity contribution in [2.24, 2.45) is 0 Å². The maximum atomic E-state index is 5.78. The van der Waals surface area contributed by atoms with E-state index in [-0.39, 0.29) is 0 Å². The maximum absolute atomic E-state index is 5.78. The van der Waals surface area contributed by atoms with Crippen molar-refractivity contribution in [3.05, 3.63) is 29.8 Å². The van der Waals surface area contributed by atoms with E-state index in [4.69, 9.17) is 4.74 Å². The Balaban J connectivity index is 2.04. The van der Waals surface area contributed by atoms with E-state index in [1.165, 1.54) is 31.5 Å². The minimum atomic E-state index is 0.395. The van der Waals surface area contributed by atoms with Gasteiger partial charge in [0, 0.05) is 17.6 Å². The van der Waals surface area contributed by atoms with Crippen LogP contribution in [0.1, 0.15) is 44.7 Å². The van der Waals surface area contributed by atoms with Gasteiger partial charge in [-0.05, 0) is 52.4 Å². The van der Waals surface area contributed by atoms with E-state index in [1.807, 2.05) is 6.92 Å². The predicted molar refractivity (Wildman–Crippen MR) is 84.3 cm³/mol. The summed E-state index contributed by atoms with van der Waals surface area (Å²) in [5.41, 5.74) is 1.30. The standard InChI is InChI=1S/C17H28N2O/c1-4-16(18-14-10-12-19(3)13-11-14)15-8-6-7-9-17(15)20-5-2/h6-9,14,16,18H,4-5,10-13H2,1-3H3/t16-/m1/s1. The largest absolute Gasteiger partial charge is 0.494 e. The molecular weight excluding hydrogens is 248 g/mol. The SMILES string of the molecule is CCOc1ccccc1[C@@H](CC)NC1CCN(C)CC1. The normalized spacial score (nSPS) is 18.9. The van der Waals surface area contributed by atoms with Gasteiger partial charge in [0.05, 0.1) is 6.61 Å². The molecule has 112 valence electrons. The molecule has 0 aromatic heterocycles. The lowest BCUT2D eigenvalue weighted by atomic mass is 9.99. The number of para-hydroxylation sites is 1. The molecule has 0 aliphatic carbocycles. The van der Waals surface area contributed by atoms with Crippen LogP contribution in [0, 0.1) is 0 Å². The van der Waals surface area contributed by atoms with E-state index in [0.29, 0.717) is 12.1 Å². The van der Waals surface area contributed by atoms with Crippen LogP contribution in [0.3, 0.4) is 0 Å². The van der Waals surface area contributed by atoms with Crippen molar-refractivity contribution in [1.82, 2.24) is 10.2 Å². The van der Waals surface area contributed by atoms with Gasteiger partial charge >= 0.3 is 0 Å². The molecule has 0 amide bonds. The molecule has 0 bridgehead atoms. The third-order valence-corrected chi connectivity index (χ3v) is 4.16. The Labute approximate surface area is 123 Å². The average Bonchev–Trinajstić information content (AvgIpc) is 2.48. The lowest BCUT2D eigenvalue weighted by molar-refractivity contribution is 0.222. The Hall–Kier alpha value is -1.06. The molecule has 3 heteroatoms. The number of benzene rings is 1. The first-order valence-electron chi connectivity index (χ1n) is 7.90. The number of rotatable bonds is 6. The molecule has 20 heavy (non-hydrogen) atoms. The van der Waals surface area contributed by atoms with Crippen LogP contribution in [0.5, 0.6) is 5.75 Å². The molecule has 1 aliphatic rings. The fraction of sp³-hybridized carbons (Fsp3) is 0.647. The van der Waals surface area contributed by atoms with Crippen LogP contribution in [0.4, 0.5) is 0 Å². The van der Waals surface area contributed by atoms with E-state index in [0.717, 1.165) is 18.8 Å². The van der Waals surface area contributed by atoms with Crippen LogP contribution in [0.25, 0.3) is 0 Å². The summed E-state index contributed by atoms with van der Waals surface area (Å²) in [4.78, 5) is 2.41. The Morgan fingerprint density at radius 3 is 2.60 bits per heavy atom. The third kappa shape index (κ3) is 3.97. The van der Waals surface area contributed by atoms with Gasteiger partial charge in [0.15, 0.2) is 0 Å². The zero-order valence-electron chi connectivity index (χ0n) is 13.1. The van der Waals surface area contributed by atoms with Crippen molar-refractivity contribution >= 4 is 0 Å². The monoisotopic (exact) mass is 276 g/mol. The zero-order chi connectivity index (χ0) is 14.4. The van der Waals surface area contributed by atoms with E-state index in [1.54, 1.807) is 0 Å². The second-order valence-corrected chi connectivity index (χ2v) is 5.68. The number of hydrogen-bond donors (Lipinski definition) is 1. The molecule has 1 heterocycles. The van der Waals surface area contributed by atoms with Crippen LogP contribution >= 0.6 is 0 Å². The highest BCUT2D eigenvalue weighted by Crippen LogP contribution is 2.28. The number of nitrogens with one attached hydrogen (secondary N) is 1. The maximum Gasteiger partial charge on any atom is 0.124 e. The molecule has 1 saturated heterocycles. The summed E-state index contributed by atoms with van der Waals surface area (Å²) in [6, 6.07) is 9.46. The van der Waals surface area contributed by atoms with Crippen LogP contribution in [0.15, 0.2) is 24.3 Å². The molecule has 1 aromatic carbocycles. The summed E-state index contributed by atoms with van der Waals surface area (Å²) in [7, 11) is 2.21. The average molecular weight is 276 g/mol. The number of likely N-dealkylation sites (tertiary alicyclic amines) is 1. The number of piperidine rings is 1. The molecule has 1 atom stereocenters. The highest BCUT2D eigenvalue weighted by atomic mass is 16.5. The first kappa shape index (κ1) is 15.3. The lowest BCUT2D eigenvalue weighted by Gasteiger charge is -2.33. The number of ether oxygens (including phenoxy) is 1. The quantitative estimate of drug-likeness (QED) is 0.863. The van der Waals surface area contributed by atoms with Gasteiger partial charge in [-0.25, -0.2) is 0 Å². The van der Waals surface area contributed by atoms with Crippen LogP contribution < -0.4 is 10.1 Å². The Morgan fingerprint density at radius 1 is 1.25 bits per heavy atom. The lowest BCUT2D eigenvalue weighted by Crippen LogP contribution is -2.42. The van der Waals surface area contributed by atoms with Crippen LogP contribution in [-0.4, -0.2) is 37.7 Å². The summed E-state index contributed by atoms with van der Waals surface area (Å²) >= 11 is 0. The summed E-state index contributed by atoms with van der Waals surface area (Å²) in [6.07, 6.45) is 3.57. The van der Waals surface area contributed by atoms with E-state index < -0.39 is 0 Å². The molecule has 1 N–H and O–H groups in total. The molecule has 0 unspecified atom stereocenters. The molecule has 0 spiro atoms. The van der Waals surface area contributed by atoms with Gasteiger partial charge in [-0.3, -0.25) is 0 Å². The van der Waals surface area contributed by atoms with Gasteiger partial charge in [-0.15, -0.1) is 0 Å². The smallest absolute Gasteiger partial charge is 0.124 e. The van der Waals surface area contributed by atoms with Gasteiger partial charge in [0.1, 0.15) is 5.75 Å². The summed E-state index contributed by atoms with van der Waals surface area (Å²) in [5, 5.41) is 3.83. The molecule has 1 aromatic rings. The fourth-order valence-electron chi connectivity index (χ4n) is 2.94. The minimum absolute atomic E-state index is 0.395. The summed E-state index contributed by atoms with van der Waals surface area (Å²) in [5.74, 6) is 1.03. The van der Waals surface area contributed by atoms with Gasteiger partial charge in [0.2, 0.25) is 0 Å². The van der Waals surface area contributed by atoms with Gasteiger partial charge in [-0.2, -0.15) is 0 Å². The first-order chi connectivity index (χ1) is 9.74. The second kappa shape index (κ2) is 7.65. The minimum Gasteiger partial charge on any atom is -0.494 e. The second-order valence-electron chi connectivity index (χ2n) is 5.68. The predicted octanol–water partition coefficient (Wildman–Crippen LogP) is 3.22. The Kier molecular flexibility index (Phi) is 5.86. The van der Waals surface area contributed by atoms with E-state index in [2.05, 4.69) is 48.5 Å². The molecule has 1 fully saturated rings. The van der Waals surface area contributed by atoms with Crippen LogP contribution in [0.2, 0.25) is 0 Å². The van der Waals surface area contributed by atoms with Gasteiger partial charge < -0.3 is 15.0 Å².